The molecule has 0 radical (unpaired) electrons. The highest BCUT2D eigenvalue weighted by atomic mass is 16.4. The number of imidazole rings is 1. The zero-order chi connectivity index (χ0) is 9.68. The minimum Gasteiger partial charge on any atom is -0.481 e. The first-order valence-electron chi connectivity index (χ1n) is 4.51. The number of carbonyl (C=O) groups is 1. The molecule has 0 saturated heterocycles. The molecule has 0 amide bonds. The van der Waals surface area contributed by atoms with Crippen molar-refractivity contribution in [2.45, 2.75) is 32.7 Å². The van der Waals surface area contributed by atoms with Crippen molar-refractivity contribution in [1.29, 1.82) is 0 Å². The molecule has 1 aromatic rings. The second-order valence-electron chi connectivity index (χ2n) is 2.94. The van der Waals surface area contributed by atoms with Crippen LogP contribution in [-0.4, -0.2) is 16.1 Å². The molecule has 1 rings (SSSR count). The molecule has 0 fully saturated rings. The minimum absolute atomic E-state index is 0.239. The molecule has 13 heavy (non-hydrogen) atoms. The van der Waals surface area contributed by atoms with Crippen molar-refractivity contribution in [2.75, 3.05) is 0 Å². The zero-order valence-corrected chi connectivity index (χ0v) is 7.79. The molecule has 0 atom stereocenters. The number of hydrogen-bond acceptors (Lipinski definition) is 1. The van der Waals surface area contributed by atoms with Gasteiger partial charge in [-0.1, -0.05) is 0 Å². The average Bonchev–Trinajstić information content (AvgIpc) is 2.51. The molecule has 0 unspecified atom stereocenters. The quantitative estimate of drug-likeness (QED) is 0.661. The fraction of sp³-hybridized carbons (Fsp3) is 0.556. The van der Waals surface area contributed by atoms with Gasteiger partial charge in [-0.2, -0.15) is 0 Å². The number of nitrogens with one attached hydrogen (secondary N) is 1. The van der Waals surface area contributed by atoms with Crippen molar-refractivity contribution in [3.05, 3.63) is 18.2 Å². The van der Waals surface area contributed by atoms with Crippen LogP contribution in [0.25, 0.3) is 0 Å². The van der Waals surface area contributed by atoms with Crippen LogP contribution >= 0.6 is 0 Å². The number of carboxylic acid groups (broad SMARTS) is 1. The number of aromatic nitrogens is 2. The van der Waals surface area contributed by atoms with Crippen LogP contribution in [0.4, 0.5) is 0 Å². The van der Waals surface area contributed by atoms with Gasteiger partial charge in [0.2, 0.25) is 0 Å². The van der Waals surface area contributed by atoms with Gasteiger partial charge < -0.3 is 5.11 Å². The molecule has 0 saturated carbocycles. The van der Waals surface area contributed by atoms with E-state index in [0.717, 1.165) is 18.8 Å². The molecule has 0 aliphatic heterocycles. The maximum Gasteiger partial charge on any atom is 0.303 e. The van der Waals surface area contributed by atoms with Gasteiger partial charge in [-0.05, 0) is 13.3 Å². The van der Waals surface area contributed by atoms with Crippen molar-refractivity contribution in [3.8, 4) is 0 Å². The largest absolute Gasteiger partial charge is 0.481 e. The molecular weight excluding hydrogens is 168 g/mol. The Kier molecular flexibility index (Phi) is 3.49. The summed E-state index contributed by atoms with van der Waals surface area (Å²) in [5.41, 5.74) is 0. The van der Waals surface area contributed by atoms with E-state index in [4.69, 9.17) is 5.11 Å². The summed E-state index contributed by atoms with van der Waals surface area (Å²) in [5.74, 6) is 0.373. The first-order chi connectivity index (χ1) is 6.24. The molecule has 0 bridgehead atoms. The van der Waals surface area contributed by atoms with Gasteiger partial charge in [-0.3, -0.25) is 4.79 Å². The third kappa shape index (κ3) is 2.89. The Balaban J connectivity index is 2.40. The highest BCUT2D eigenvalue weighted by Crippen LogP contribution is 1.97. The summed E-state index contributed by atoms with van der Waals surface area (Å²) in [5, 5.41) is 8.45. The normalized spacial score (nSPS) is 10.2. The van der Waals surface area contributed by atoms with Crippen LogP contribution in [0.2, 0.25) is 0 Å². The Bertz CT molecular complexity index is 281. The van der Waals surface area contributed by atoms with E-state index in [1.54, 1.807) is 0 Å². The monoisotopic (exact) mass is 183 g/mol. The molecule has 4 heteroatoms. The maximum absolute atomic E-state index is 10.3. The number of H-pyrrole nitrogens is 1. The topological polar surface area (TPSA) is 57.0 Å². The molecule has 4 nitrogen and oxygen atoms in total. The van der Waals surface area contributed by atoms with Gasteiger partial charge in [-0.15, -0.1) is 0 Å². The number of aryl methyl sites for hydroxylation is 2. The van der Waals surface area contributed by atoms with E-state index in [1.807, 2.05) is 12.4 Å². The Morgan fingerprint density at radius 2 is 2.46 bits per heavy atom. The summed E-state index contributed by atoms with van der Waals surface area (Å²) < 4.78 is 2.09. The highest BCUT2D eigenvalue weighted by Gasteiger charge is 2.08. The first kappa shape index (κ1) is 9.77. The van der Waals surface area contributed by atoms with E-state index in [0.29, 0.717) is 6.42 Å². The van der Waals surface area contributed by atoms with Crippen LogP contribution < -0.4 is 4.57 Å². The number of nitrogens with zero attached hydrogens (tertiary/aromatic N) is 1. The fourth-order valence-electron chi connectivity index (χ4n) is 1.32. The lowest BCUT2D eigenvalue weighted by Gasteiger charge is -1.95. The predicted octanol–water partition coefficient (Wildman–Crippen LogP) is 0.729. The van der Waals surface area contributed by atoms with Crippen molar-refractivity contribution < 1.29 is 14.5 Å². The lowest BCUT2D eigenvalue weighted by Crippen LogP contribution is -2.34. The molecule has 1 aromatic heterocycles. The summed E-state index contributed by atoms with van der Waals surface area (Å²) in [6, 6.07) is 0. The van der Waals surface area contributed by atoms with Crippen LogP contribution in [0, 0.1) is 0 Å². The van der Waals surface area contributed by atoms with Gasteiger partial charge in [0.1, 0.15) is 12.4 Å². The van der Waals surface area contributed by atoms with E-state index < -0.39 is 5.97 Å². The lowest BCUT2D eigenvalue weighted by atomic mass is 10.2. The summed E-state index contributed by atoms with van der Waals surface area (Å²) in [6.07, 6.45) is 5.57. The van der Waals surface area contributed by atoms with Gasteiger partial charge in [0.25, 0.3) is 5.82 Å². The van der Waals surface area contributed by atoms with Crippen molar-refractivity contribution in [3.63, 3.8) is 0 Å². The van der Waals surface area contributed by atoms with Gasteiger partial charge in [-0.25, -0.2) is 9.55 Å². The number of aliphatic carboxylic acids is 1. The summed E-state index contributed by atoms with van der Waals surface area (Å²) in [7, 11) is 0. The molecule has 0 aliphatic carbocycles. The first-order valence-corrected chi connectivity index (χ1v) is 4.51. The van der Waals surface area contributed by atoms with E-state index in [2.05, 4.69) is 16.5 Å². The summed E-state index contributed by atoms with van der Waals surface area (Å²) >= 11 is 0. The van der Waals surface area contributed by atoms with Gasteiger partial charge >= 0.3 is 5.97 Å². The van der Waals surface area contributed by atoms with Crippen LogP contribution in [0.5, 0.6) is 0 Å². The van der Waals surface area contributed by atoms with Crippen LogP contribution in [0.1, 0.15) is 25.6 Å². The number of aromatic amines is 1. The number of carboxylic acids is 1. The van der Waals surface area contributed by atoms with E-state index in [1.165, 1.54) is 0 Å². The molecule has 0 aromatic carbocycles. The third-order valence-corrected chi connectivity index (χ3v) is 2.00. The number of rotatable bonds is 5. The summed E-state index contributed by atoms with van der Waals surface area (Å²) in [6.45, 7) is 2.99. The standard InChI is InChI=1S/C9H14N2O2/c1-2-11-7-6-10-8(11)4-3-5-9(12)13/h6-7H,2-5H2,1H3,(H,12,13)/p+1. The minimum atomic E-state index is -0.727. The van der Waals surface area contributed by atoms with E-state index >= 15 is 0 Å². The van der Waals surface area contributed by atoms with Gasteiger partial charge in [0.15, 0.2) is 0 Å². The Labute approximate surface area is 77.2 Å². The Morgan fingerprint density at radius 1 is 1.69 bits per heavy atom. The smallest absolute Gasteiger partial charge is 0.303 e. The highest BCUT2D eigenvalue weighted by molar-refractivity contribution is 5.66. The SMILES string of the molecule is CC[n+]1cc[nH]c1CCCC(=O)O. The van der Waals surface area contributed by atoms with Gasteiger partial charge in [0, 0.05) is 12.8 Å². The van der Waals surface area contributed by atoms with Crippen molar-refractivity contribution >= 4 is 5.97 Å². The van der Waals surface area contributed by atoms with Crippen molar-refractivity contribution in [1.82, 2.24) is 4.98 Å². The fourth-order valence-corrected chi connectivity index (χ4v) is 1.32. The average molecular weight is 183 g/mol. The molecule has 0 aliphatic rings. The summed E-state index contributed by atoms with van der Waals surface area (Å²) in [4.78, 5) is 13.4. The lowest BCUT2D eigenvalue weighted by molar-refractivity contribution is -0.699. The molecule has 2 N–H and O–H groups in total. The molecular formula is C9H15N2O2+. The van der Waals surface area contributed by atoms with E-state index in [-0.39, 0.29) is 6.42 Å². The van der Waals surface area contributed by atoms with Gasteiger partial charge in [0.05, 0.1) is 6.54 Å². The second-order valence-corrected chi connectivity index (χ2v) is 2.94. The molecule has 1 heterocycles. The van der Waals surface area contributed by atoms with Crippen LogP contribution in [-0.2, 0) is 17.8 Å². The second kappa shape index (κ2) is 4.64. The van der Waals surface area contributed by atoms with Crippen LogP contribution in [0.15, 0.2) is 12.4 Å². The predicted molar refractivity (Wildman–Crippen MR) is 47.2 cm³/mol. The Morgan fingerprint density at radius 3 is 3.08 bits per heavy atom. The zero-order valence-electron chi connectivity index (χ0n) is 7.79. The van der Waals surface area contributed by atoms with E-state index in [9.17, 15) is 4.79 Å². The third-order valence-electron chi connectivity index (χ3n) is 2.00. The molecule has 0 spiro atoms. The molecule has 72 valence electrons. The van der Waals surface area contributed by atoms with Crippen molar-refractivity contribution in [2.24, 2.45) is 0 Å². The number of hydrogen-bond donors (Lipinski definition) is 2. The maximum atomic E-state index is 10.3. The Hall–Kier alpha value is -1.32. The van der Waals surface area contributed by atoms with Crippen LogP contribution in [0.3, 0.4) is 0 Å².